The molecule has 1 aliphatic heterocycles. The summed E-state index contributed by atoms with van der Waals surface area (Å²) in [5.41, 5.74) is 0. The summed E-state index contributed by atoms with van der Waals surface area (Å²) in [6.45, 7) is 6.84. The summed E-state index contributed by atoms with van der Waals surface area (Å²) in [6.07, 6.45) is 4.30. The van der Waals surface area contributed by atoms with Crippen LogP contribution >= 0.6 is 11.3 Å². The lowest BCUT2D eigenvalue weighted by atomic mass is 10.3. The number of piperazine rings is 1. The third-order valence-electron chi connectivity index (χ3n) is 4.70. The predicted octanol–water partition coefficient (Wildman–Crippen LogP) is 1.71. The quantitative estimate of drug-likeness (QED) is 0.353. The van der Waals surface area contributed by atoms with E-state index in [1.54, 1.807) is 0 Å². The number of rotatable bonds is 6. The Bertz CT molecular complexity index is 607. The second kappa shape index (κ2) is 8.52. The first-order chi connectivity index (χ1) is 12.1. The van der Waals surface area contributed by atoms with Crippen molar-refractivity contribution < 1.29 is 4.92 Å². The Labute approximate surface area is 151 Å². The molecule has 2 fully saturated rings. The number of anilines is 2. The third-order valence-corrected chi connectivity index (χ3v) is 5.60. The average Bonchev–Trinajstić information content (AvgIpc) is 3.26. The molecule has 0 bridgehead atoms. The van der Waals surface area contributed by atoms with E-state index < -0.39 is 0 Å². The van der Waals surface area contributed by atoms with Crippen LogP contribution in [-0.2, 0) is 0 Å². The molecule has 0 radical (unpaired) electrons. The molecular weight excluding hydrogens is 342 g/mol. The molecule has 0 spiro atoms. The zero-order valence-electron chi connectivity index (χ0n) is 14.6. The molecule has 1 saturated carbocycles. The molecule has 1 N–H and O–H groups in total. The molecule has 0 unspecified atom stereocenters. The minimum Gasteiger partial charge on any atom is -0.344 e. The molecule has 1 aromatic rings. The molecule has 9 nitrogen and oxygen atoms in total. The molecule has 0 amide bonds. The number of nitrogens with zero attached hydrogens (tertiary/aromatic N) is 6. The number of aromatic nitrogens is 2. The summed E-state index contributed by atoms with van der Waals surface area (Å²) < 4.78 is 0. The van der Waals surface area contributed by atoms with E-state index in [4.69, 9.17) is 0 Å². The van der Waals surface area contributed by atoms with Crippen molar-refractivity contribution in [2.24, 2.45) is 4.99 Å². The van der Waals surface area contributed by atoms with E-state index in [0.717, 1.165) is 63.5 Å². The van der Waals surface area contributed by atoms with E-state index in [9.17, 15) is 10.1 Å². The Morgan fingerprint density at radius 1 is 1.32 bits per heavy atom. The van der Waals surface area contributed by atoms with Crippen molar-refractivity contribution in [3.63, 3.8) is 0 Å². The zero-order valence-corrected chi connectivity index (χ0v) is 15.4. The van der Waals surface area contributed by atoms with Crippen molar-refractivity contribution in [3.05, 3.63) is 10.1 Å². The molecule has 25 heavy (non-hydrogen) atoms. The maximum atomic E-state index is 10.9. The number of nitrogens with one attached hydrogen (secondary N) is 1. The smallest absolute Gasteiger partial charge is 0.260 e. The van der Waals surface area contributed by atoms with Gasteiger partial charge in [0, 0.05) is 31.1 Å². The van der Waals surface area contributed by atoms with Crippen molar-refractivity contribution in [1.82, 2.24) is 15.1 Å². The van der Waals surface area contributed by atoms with E-state index in [2.05, 4.69) is 37.2 Å². The minimum atomic E-state index is -0.354. The lowest BCUT2D eigenvalue weighted by molar-refractivity contribution is -0.463. The first kappa shape index (κ1) is 18.0. The van der Waals surface area contributed by atoms with Gasteiger partial charge in [0.05, 0.1) is 6.04 Å². The van der Waals surface area contributed by atoms with Gasteiger partial charge in [-0.25, -0.2) is 0 Å². The highest BCUT2D eigenvalue weighted by molar-refractivity contribution is 7.19. The maximum absolute atomic E-state index is 10.9. The van der Waals surface area contributed by atoms with Crippen LogP contribution in [0, 0.1) is 10.1 Å². The lowest BCUT2D eigenvalue weighted by Gasteiger charge is -2.33. The fraction of sp³-hybridized carbons (Fsp3) is 0.800. The maximum Gasteiger partial charge on any atom is 0.260 e. The van der Waals surface area contributed by atoms with Crippen LogP contribution in [-0.4, -0.2) is 71.2 Å². The fourth-order valence-corrected chi connectivity index (χ4v) is 4.08. The molecule has 2 heterocycles. The van der Waals surface area contributed by atoms with E-state index in [1.165, 1.54) is 11.3 Å². The third kappa shape index (κ3) is 5.08. The number of likely N-dealkylation sites (N-methyl/N-ethyl adjacent to an activating group) is 1. The lowest BCUT2D eigenvalue weighted by Crippen LogP contribution is -2.46. The van der Waals surface area contributed by atoms with Gasteiger partial charge in [0.25, 0.3) is 6.54 Å². The summed E-state index contributed by atoms with van der Waals surface area (Å²) in [4.78, 5) is 19.7. The van der Waals surface area contributed by atoms with Gasteiger partial charge in [-0.05, 0) is 19.4 Å². The Morgan fingerprint density at radius 3 is 2.68 bits per heavy atom. The first-order valence-corrected chi connectivity index (χ1v) is 9.72. The number of hydrogen-bond donors (Lipinski definition) is 1. The molecular formula is C15H25N7O2S. The number of amidine groups is 1. The summed E-state index contributed by atoms with van der Waals surface area (Å²) in [5, 5.41) is 23.8. The molecule has 1 aliphatic carbocycles. The van der Waals surface area contributed by atoms with E-state index in [1.807, 2.05) is 0 Å². The van der Waals surface area contributed by atoms with Crippen molar-refractivity contribution in [1.29, 1.82) is 0 Å². The highest BCUT2D eigenvalue weighted by atomic mass is 32.1. The van der Waals surface area contributed by atoms with Gasteiger partial charge in [-0.3, -0.25) is 15.1 Å². The monoisotopic (exact) mass is 367 g/mol. The van der Waals surface area contributed by atoms with Crippen LogP contribution in [0.3, 0.4) is 0 Å². The van der Waals surface area contributed by atoms with Crippen molar-refractivity contribution in [3.8, 4) is 0 Å². The fourth-order valence-electron chi connectivity index (χ4n) is 3.26. The average molecular weight is 367 g/mol. The van der Waals surface area contributed by atoms with Crippen LogP contribution < -0.4 is 10.2 Å². The molecule has 1 aromatic heterocycles. The van der Waals surface area contributed by atoms with Gasteiger partial charge in [0.2, 0.25) is 10.3 Å². The Hall–Kier alpha value is -1.81. The Kier molecular flexibility index (Phi) is 6.14. The van der Waals surface area contributed by atoms with Gasteiger partial charge in [-0.2, -0.15) is 0 Å². The minimum absolute atomic E-state index is 0.192. The van der Waals surface area contributed by atoms with Crippen LogP contribution in [0.1, 0.15) is 32.6 Å². The van der Waals surface area contributed by atoms with Crippen LogP contribution in [0.15, 0.2) is 4.99 Å². The highest BCUT2D eigenvalue weighted by Crippen LogP contribution is 2.26. The molecule has 3 rings (SSSR count). The van der Waals surface area contributed by atoms with Crippen molar-refractivity contribution in [2.75, 3.05) is 49.5 Å². The second-order valence-electron chi connectivity index (χ2n) is 6.44. The molecule has 138 valence electrons. The van der Waals surface area contributed by atoms with Gasteiger partial charge < -0.3 is 15.1 Å². The summed E-state index contributed by atoms with van der Waals surface area (Å²) >= 11 is 1.43. The van der Waals surface area contributed by atoms with E-state index in [0.29, 0.717) is 11.0 Å². The highest BCUT2D eigenvalue weighted by Gasteiger charge is 2.21. The van der Waals surface area contributed by atoms with Crippen molar-refractivity contribution >= 4 is 27.4 Å². The molecule has 1 saturated heterocycles. The van der Waals surface area contributed by atoms with Crippen LogP contribution in [0.2, 0.25) is 0 Å². The van der Waals surface area contributed by atoms with Gasteiger partial charge in [-0.15, -0.1) is 10.2 Å². The topological polar surface area (TPSA) is 99.8 Å². The van der Waals surface area contributed by atoms with Gasteiger partial charge >= 0.3 is 0 Å². The van der Waals surface area contributed by atoms with Gasteiger partial charge in [-0.1, -0.05) is 31.1 Å². The summed E-state index contributed by atoms with van der Waals surface area (Å²) in [6, 6.07) is 0.192. The number of aliphatic imine (C=N–C) groups is 1. The second-order valence-corrected chi connectivity index (χ2v) is 7.40. The largest absolute Gasteiger partial charge is 0.344 e. The molecule has 0 atom stereocenters. The van der Waals surface area contributed by atoms with E-state index >= 15 is 0 Å². The van der Waals surface area contributed by atoms with Crippen molar-refractivity contribution in [2.45, 2.75) is 38.6 Å². The van der Waals surface area contributed by atoms with Gasteiger partial charge in [0.15, 0.2) is 5.84 Å². The van der Waals surface area contributed by atoms with Crippen LogP contribution in [0.5, 0.6) is 0 Å². The molecule has 0 aromatic carbocycles. The van der Waals surface area contributed by atoms with E-state index in [-0.39, 0.29) is 17.5 Å². The predicted molar refractivity (Wildman–Crippen MR) is 99.4 cm³/mol. The van der Waals surface area contributed by atoms with Gasteiger partial charge in [0.1, 0.15) is 0 Å². The summed E-state index contributed by atoms with van der Waals surface area (Å²) in [5.74, 6) is 0.385. The van der Waals surface area contributed by atoms with Crippen LogP contribution in [0.4, 0.5) is 10.3 Å². The molecule has 10 heteroatoms. The number of hydrogen-bond acceptors (Lipinski definition) is 8. The number of nitro groups is 1. The Morgan fingerprint density at radius 2 is 2.04 bits per heavy atom. The SMILES string of the molecule is CCN1CCN(c2nnc(NC(C[N+](=O)[O-])=NC3CCCC3)s2)CC1. The standard InChI is InChI=1S/C15H25N7O2S/c1-2-20-7-9-21(10-8-20)15-19-18-14(25-15)17-13(11-22(23)24)16-12-5-3-4-6-12/h12H,2-11H2,1H3,(H,16,17,18). The summed E-state index contributed by atoms with van der Waals surface area (Å²) in [7, 11) is 0. The zero-order chi connectivity index (χ0) is 17.6. The molecule has 2 aliphatic rings. The first-order valence-electron chi connectivity index (χ1n) is 8.90. The Balaban J connectivity index is 1.62. The van der Waals surface area contributed by atoms with Crippen LogP contribution in [0.25, 0.3) is 0 Å². The normalized spacial score (nSPS) is 20.2.